The lowest BCUT2D eigenvalue weighted by atomic mass is 10.0. The SMILES string of the molecule is Cc1cc(C(=O)N2CCC(C)C2CBr)ccc1O. The zero-order valence-corrected chi connectivity index (χ0v) is 12.3. The van der Waals surface area contributed by atoms with E-state index in [0.717, 1.165) is 23.9 Å². The number of amides is 1. The van der Waals surface area contributed by atoms with Crippen molar-refractivity contribution in [2.24, 2.45) is 5.92 Å². The van der Waals surface area contributed by atoms with Crippen molar-refractivity contribution < 1.29 is 9.90 Å². The number of halogens is 1. The van der Waals surface area contributed by atoms with Crippen LogP contribution in [0.2, 0.25) is 0 Å². The topological polar surface area (TPSA) is 40.5 Å². The van der Waals surface area contributed by atoms with Gasteiger partial charge in [-0.2, -0.15) is 0 Å². The van der Waals surface area contributed by atoms with E-state index in [1.165, 1.54) is 0 Å². The molecule has 2 rings (SSSR count). The Morgan fingerprint density at radius 2 is 2.28 bits per heavy atom. The molecule has 1 aromatic rings. The Bertz CT molecular complexity index is 461. The number of carbonyl (C=O) groups excluding carboxylic acids is 1. The van der Waals surface area contributed by atoms with E-state index in [4.69, 9.17) is 0 Å². The largest absolute Gasteiger partial charge is 0.508 e. The first-order valence-electron chi connectivity index (χ1n) is 6.21. The summed E-state index contributed by atoms with van der Waals surface area (Å²) < 4.78 is 0. The summed E-state index contributed by atoms with van der Waals surface area (Å²) >= 11 is 3.49. The minimum Gasteiger partial charge on any atom is -0.508 e. The molecule has 0 aliphatic carbocycles. The molecule has 1 aliphatic heterocycles. The summed E-state index contributed by atoms with van der Waals surface area (Å²) in [5.74, 6) is 0.830. The van der Waals surface area contributed by atoms with E-state index in [2.05, 4.69) is 22.9 Å². The van der Waals surface area contributed by atoms with Gasteiger partial charge in [-0.3, -0.25) is 4.79 Å². The number of hydrogen-bond donors (Lipinski definition) is 1. The Morgan fingerprint density at radius 3 is 2.89 bits per heavy atom. The number of aryl methyl sites for hydroxylation is 1. The second kappa shape index (κ2) is 5.31. The van der Waals surface area contributed by atoms with Crippen molar-refractivity contribution in [1.29, 1.82) is 0 Å². The standard InChI is InChI=1S/C14H18BrNO2/c1-9-5-6-16(12(9)8-15)14(18)11-3-4-13(17)10(2)7-11/h3-4,7,9,12,17H,5-6,8H2,1-2H3. The number of benzene rings is 1. The fourth-order valence-electron chi connectivity index (χ4n) is 2.45. The Balaban J connectivity index is 2.23. The van der Waals surface area contributed by atoms with Gasteiger partial charge in [0.25, 0.3) is 5.91 Å². The monoisotopic (exact) mass is 311 g/mol. The molecule has 4 heteroatoms. The van der Waals surface area contributed by atoms with Gasteiger partial charge in [0.1, 0.15) is 5.75 Å². The Hall–Kier alpha value is -1.03. The third kappa shape index (κ3) is 2.39. The first kappa shape index (κ1) is 13.4. The van der Waals surface area contributed by atoms with Gasteiger partial charge in [0.05, 0.1) is 0 Å². The fraction of sp³-hybridized carbons (Fsp3) is 0.500. The minimum atomic E-state index is 0.0619. The van der Waals surface area contributed by atoms with Crippen molar-refractivity contribution in [3.05, 3.63) is 29.3 Å². The maximum atomic E-state index is 12.4. The highest BCUT2D eigenvalue weighted by molar-refractivity contribution is 9.09. The number of carbonyl (C=O) groups is 1. The molecule has 1 saturated heterocycles. The number of phenolic OH excluding ortho intramolecular Hbond substituents is 1. The van der Waals surface area contributed by atoms with E-state index in [0.29, 0.717) is 11.5 Å². The molecule has 0 saturated carbocycles. The highest BCUT2D eigenvalue weighted by Crippen LogP contribution is 2.28. The van der Waals surface area contributed by atoms with Crippen LogP contribution in [0.3, 0.4) is 0 Å². The van der Waals surface area contributed by atoms with Crippen molar-refractivity contribution in [2.45, 2.75) is 26.3 Å². The lowest BCUT2D eigenvalue weighted by molar-refractivity contribution is 0.0738. The molecule has 98 valence electrons. The second-order valence-corrected chi connectivity index (χ2v) is 5.63. The molecule has 0 radical (unpaired) electrons. The van der Waals surface area contributed by atoms with Crippen molar-refractivity contribution in [3.8, 4) is 5.75 Å². The molecular formula is C14H18BrNO2. The van der Waals surface area contributed by atoms with Crippen molar-refractivity contribution in [1.82, 2.24) is 4.90 Å². The van der Waals surface area contributed by atoms with E-state index in [-0.39, 0.29) is 17.7 Å². The summed E-state index contributed by atoms with van der Waals surface area (Å²) in [4.78, 5) is 14.4. The second-order valence-electron chi connectivity index (χ2n) is 4.99. The van der Waals surface area contributed by atoms with Crippen molar-refractivity contribution >= 4 is 21.8 Å². The molecule has 0 spiro atoms. The van der Waals surface area contributed by atoms with Gasteiger partial charge in [0.2, 0.25) is 0 Å². The molecule has 1 N–H and O–H groups in total. The van der Waals surface area contributed by atoms with Crippen LogP contribution < -0.4 is 0 Å². The van der Waals surface area contributed by atoms with Gasteiger partial charge in [-0.15, -0.1) is 0 Å². The average Bonchev–Trinajstić information content (AvgIpc) is 2.73. The van der Waals surface area contributed by atoms with Gasteiger partial charge in [-0.25, -0.2) is 0 Å². The molecule has 0 bridgehead atoms. The number of likely N-dealkylation sites (tertiary alicyclic amines) is 1. The number of hydrogen-bond acceptors (Lipinski definition) is 2. The van der Waals surface area contributed by atoms with E-state index >= 15 is 0 Å². The van der Waals surface area contributed by atoms with E-state index in [1.54, 1.807) is 25.1 Å². The molecular weight excluding hydrogens is 294 g/mol. The van der Waals surface area contributed by atoms with Crippen LogP contribution >= 0.6 is 15.9 Å². The molecule has 1 aromatic carbocycles. The van der Waals surface area contributed by atoms with Gasteiger partial charge < -0.3 is 10.0 Å². The normalized spacial score (nSPS) is 23.4. The summed E-state index contributed by atoms with van der Waals surface area (Å²) in [6, 6.07) is 5.31. The third-order valence-electron chi connectivity index (χ3n) is 3.75. The summed E-state index contributed by atoms with van der Waals surface area (Å²) in [5.41, 5.74) is 1.40. The number of aromatic hydroxyl groups is 1. The molecule has 1 amide bonds. The molecule has 2 unspecified atom stereocenters. The van der Waals surface area contributed by atoms with Crippen LogP contribution in [0, 0.1) is 12.8 Å². The number of phenols is 1. The summed E-state index contributed by atoms with van der Waals surface area (Å²) in [6.45, 7) is 4.80. The summed E-state index contributed by atoms with van der Waals surface area (Å²) in [7, 11) is 0. The zero-order valence-electron chi connectivity index (χ0n) is 10.7. The predicted octanol–water partition coefficient (Wildman–Crippen LogP) is 2.95. The Morgan fingerprint density at radius 1 is 1.56 bits per heavy atom. The number of rotatable bonds is 2. The predicted molar refractivity (Wildman–Crippen MR) is 75.2 cm³/mol. The van der Waals surface area contributed by atoms with Crippen LogP contribution in [-0.4, -0.2) is 33.8 Å². The van der Waals surface area contributed by atoms with Gasteiger partial charge in [0.15, 0.2) is 0 Å². The molecule has 1 heterocycles. The third-order valence-corrected chi connectivity index (χ3v) is 4.41. The van der Waals surface area contributed by atoms with Gasteiger partial charge >= 0.3 is 0 Å². The number of nitrogens with zero attached hydrogens (tertiary/aromatic N) is 1. The molecule has 0 aromatic heterocycles. The molecule has 2 atom stereocenters. The molecule has 1 fully saturated rings. The van der Waals surface area contributed by atoms with E-state index in [1.807, 2.05) is 4.90 Å². The number of alkyl halides is 1. The van der Waals surface area contributed by atoms with Crippen LogP contribution in [0.25, 0.3) is 0 Å². The maximum Gasteiger partial charge on any atom is 0.254 e. The zero-order chi connectivity index (χ0) is 13.3. The van der Waals surface area contributed by atoms with Crippen molar-refractivity contribution in [2.75, 3.05) is 11.9 Å². The minimum absolute atomic E-state index is 0.0619. The van der Waals surface area contributed by atoms with Crippen LogP contribution in [0.4, 0.5) is 0 Å². The lowest BCUT2D eigenvalue weighted by Gasteiger charge is -2.25. The van der Waals surface area contributed by atoms with E-state index in [9.17, 15) is 9.90 Å². The van der Waals surface area contributed by atoms with E-state index < -0.39 is 0 Å². The fourth-order valence-corrected chi connectivity index (χ4v) is 3.44. The summed E-state index contributed by atoms with van der Waals surface area (Å²) in [5, 5.41) is 10.3. The Labute approximate surface area is 116 Å². The first-order chi connectivity index (χ1) is 8.54. The van der Waals surface area contributed by atoms with Gasteiger partial charge in [-0.1, -0.05) is 22.9 Å². The molecule has 3 nitrogen and oxygen atoms in total. The maximum absolute atomic E-state index is 12.4. The average molecular weight is 312 g/mol. The smallest absolute Gasteiger partial charge is 0.254 e. The highest BCUT2D eigenvalue weighted by Gasteiger charge is 2.33. The van der Waals surface area contributed by atoms with Crippen molar-refractivity contribution in [3.63, 3.8) is 0 Å². The lowest BCUT2D eigenvalue weighted by Crippen LogP contribution is -2.38. The van der Waals surface area contributed by atoms with Gasteiger partial charge in [0, 0.05) is 23.5 Å². The van der Waals surface area contributed by atoms with Crippen LogP contribution in [0.5, 0.6) is 5.75 Å². The molecule has 1 aliphatic rings. The van der Waals surface area contributed by atoms with Crippen LogP contribution in [0.15, 0.2) is 18.2 Å². The molecule has 18 heavy (non-hydrogen) atoms. The highest BCUT2D eigenvalue weighted by atomic mass is 79.9. The van der Waals surface area contributed by atoms with Crippen LogP contribution in [0.1, 0.15) is 29.3 Å². The summed E-state index contributed by atoms with van der Waals surface area (Å²) in [6.07, 6.45) is 1.05. The van der Waals surface area contributed by atoms with Crippen LogP contribution in [-0.2, 0) is 0 Å². The van der Waals surface area contributed by atoms with Gasteiger partial charge in [-0.05, 0) is 43.0 Å². The Kier molecular flexibility index (Phi) is 3.95. The first-order valence-corrected chi connectivity index (χ1v) is 7.33. The quantitative estimate of drug-likeness (QED) is 0.853.